The predicted molar refractivity (Wildman–Crippen MR) is 97.9 cm³/mol. The van der Waals surface area contributed by atoms with Crippen LogP contribution in [0.2, 0.25) is 0 Å². The fourth-order valence-corrected chi connectivity index (χ4v) is 3.95. The summed E-state index contributed by atoms with van der Waals surface area (Å²) in [7, 11) is 0. The molecule has 0 unspecified atom stereocenters. The molecule has 1 N–H and O–H groups in total. The van der Waals surface area contributed by atoms with E-state index in [2.05, 4.69) is 62.3 Å². The summed E-state index contributed by atoms with van der Waals surface area (Å²) in [6.45, 7) is 19.6. The molecule has 1 aliphatic rings. The zero-order chi connectivity index (χ0) is 17.8. The van der Waals surface area contributed by atoms with Crippen molar-refractivity contribution in [3.63, 3.8) is 0 Å². The molecule has 1 aromatic rings. The summed E-state index contributed by atoms with van der Waals surface area (Å²) in [6.07, 6.45) is 2.86. The molecule has 0 saturated heterocycles. The minimum absolute atomic E-state index is 0.108. The van der Waals surface area contributed by atoms with Crippen molar-refractivity contribution in [2.24, 2.45) is 0 Å². The van der Waals surface area contributed by atoms with Gasteiger partial charge >= 0.3 is 0 Å². The van der Waals surface area contributed by atoms with Gasteiger partial charge < -0.3 is 9.84 Å². The summed E-state index contributed by atoms with van der Waals surface area (Å²) < 4.78 is 6.39. The van der Waals surface area contributed by atoms with Gasteiger partial charge in [0.1, 0.15) is 17.1 Å². The number of hydrogen-bond acceptors (Lipinski definition) is 2. The lowest BCUT2D eigenvalue weighted by atomic mass is 9.73. The lowest BCUT2D eigenvalue weighted by Crippen LogP contribution is -2.25. The minimum Gasteiger partial charge on any atom is -0.507 e. The highest BCUT2D eigenvalue weighted by Crippen LogP contribution is 2.52. The van der Waals surface area contributed by atoms with Gasteiger partial charge in [0.2, 0.25) is 0 Å². The van der Waals surface area contributed by atoms with Crippen molar-refractivity contribution in [3.8, 4) is 11.5 Å². The quantitative estimate of drug-likeness (QED) is 0.763. The van der Waals surface area contributed by atoms with Gasteiger partial charge in [0.25, 0.3) is 0 Å². The van der Waals surface area contributed by atoms with Crippen LogP contribution in [0, 0.1) is 0 Å². The molecule has 0 atom stereocenters. The van der Waals surface area contributed by atoms with E-state index in [1.807, 2.05) is 0 Å². The lowest BCUT2D eigenvalue weighted by molar-refractivity contribution is 0.137. The van der Waals surface area contributed by atoms with Crippen molar-refractivity contribution >= 4 is 0 Å². The first-order valence-corrected chi connectivity index (χ1v) is 8.90. The van der Waals surface area contributed by atoms with Gasteiger partial charge in [0.15, 0.2) is 0 Å². The van der Waals surface area contributed by atoms with Crippen LogP contribution in [0.1, 0.15) is 91.0 Å². The Kier molecular flexibility index (Phi) is 4.29. The Balaban J connectivity index is 2.91. The maximum Gasteiger partial charge on any atom is 0.127 e. The van der Waals surface area contributed by atoms with Crippen LogP contribution in [0.15, 0.2) is 0 Å². The highest BCUT2D eigenvalue weighted by molar-refractivity contribution is 5.64. The summed E-state index contributed by atoms with van der Waals surface area (Å²) >= 11 is 0. The van der Waals surface area contributed by atoms with E-state index in [0.29, 0.717) is 5.75 Å². The third-order valence-electron chi connectivity index (χ3n) is 4.61. The molecule has 0 bridgehead atoms. The number of fused-ring (bicyclic) bond motifs is 1. The molecule has 2 rings (SSSR count). The highest BCUT2D eigenvalue weighted by atomic mass is 16.5. The molecule has 0 radical (unpaired) electrons. The van der Waals surface area contributed by atoms with Crippen molar-refractivity contribution in [3.05, 3.63) is 22.3 Å². The molecule has 23 heavy (non-hydrogen) atoms. The summed E-state index contributed by atoms with van der Waals surface area (Å²) in [5, 5.41) is 11.2. The number of benzene rings is 1. The van der Waals surface area contributed by atoms with E-state index in [0.717, 1.165) is 36.1 Å². The molecule has 2 nitrogen and oxygen atoms in total. The summed E-state index contributed by atoms with van der Waals surface area (Å²) in [5.74, 6) is 1.54. The van der Waals surface area contributed by atoms with E-state index < -0.39 is 0 Å². The molecule has 0 fully saturated rings. The van der Waals surface area contributed by atoms with Gasteiger partial charge in [0.05, 0.1) is 0 Å². The van der Waals surface area contributed by atoms with E-state index in [-0.39, 0.29) is 16.4 Å². The van der Waals surface area contributed by atoms with Gasteiger partial charge in [-0.05, 0) is 31.1 Å². The van der Waals surface area contributed by atoms with Crippen molar-refractivity contribution in [1.29, 1.82) is 0 Å². The number of hydrogen-bond donors (Lipinski definition) is 1. The van der Waals surface area contributed by atoms with Gasteiger partial charge in [-0.3, -0.25) is 0 Å². The topological polar surface area (TPSA) is 29.5 Å². The number of rotatable bonds is 2. The first-order chi connectivity index (χ1) is 10.3. The number of phenols is 1. The SMILES string of the molecule is CCCc1c2c(c(C(C)(C)C)c(O)c1C(C)(C)C)CC(C)(C)O2. The van der Waals surface area contributed by atoms with Gasteiger partial charge in [-0.15, -0.1) is 0 Å². The maximum atomic E-state index is 11.2. The third kappa shape index (κ3) is 3.22. The molecule has 0 saturated carbocycles. The Hall–Kier alpha value is -1.18. The Morgan fingerprint density at radius 2 is 1.52 bits per heavy atom. The number of aromatic hydroxyl groups is 1. The second-order valence-corrected chi connectivity index (χ2v) is 9.67. The molecule has 1 heterocycles. The van der Waals surface area contributed by atoms with Crippen molar-refractivity contribution < 1.29 is 9.84 Å². The molecule has 130 valence electrons. The molecule has 0 spiro atoms. The molecular weight excluding hydrogens is 284 g/mol. The van der Waals surface area contributed by atoms with Gasteiger partial charge in [-0.2, -0.15) is 0 Å². The van der Waals surface area contributed by atoms with Crippen LogP contribution in [-0.2, 0) is 23.7 Å². The molecule has 1 aliphatic heterocycles. The first kappa shape index (κ1) is 18.2. The average molecular weight is 319 g/mol. The van der Waals surface area contributed by atoms with Gasteiger partial charge in [-0.1, -0.05) is 54.9 Å². The highest BCUT2D eigenvalue weighted by Gasteiger charge is 2.41. The van der Waals surface area contributed by atoms with E-state index >= 15 is 0 Å². The minimum atomic E-state index is -0.201. The van der Waals surface area contributed by atoms with Crippen LogP contribution in [-0.4, -0.2) is 10.7 Å². The molecular formula is C21H34O2. The number of phenolic OH excluding ortho intramolecular Hbond substituents is 1. The zero-order valence-electron chi connectivity index (χ0n) is 16.5. The molecule has 2 heteroatoms. The second kappa shape index (κ2) is 5.43. The molecule has 0 aromatic heterocycles. The predicted octanol–water partition coefficient (Wildman–Crippen LogP) is 5.65. The van der Waals surface area contributed by atoms with Crippen LogP contribution in [0.25, 0.3) is 0 Å². The molecule has 1 aromatic carbocycles. The fraction of sp³-hybridized carbons (Fsp3) is 0.714. The Bertz CT molecular complexity index is 610. The van der Waals surface area contributed by atoms with E-state index in [1.54, 1.807) is 0 Å². The van der Waals surface area contributed by atoms with E-state index in [1.165, 1.54) is 11.1 Å². The van der Waals surface area contributed by atoms with Crippen LogP contribution in [0.4, 0.5) is 0 Å². The Labute approximate surface area is 142 Å². The number of ether oxygens (including phenoxy) is 1. The molecule has 0 amide bonds. The van der Waals surface area contributed by atoms with E-state index in [9.17, 15) is 5.11 Å². The normalized spacial score (nSPS) is 17.1. The van der Waals surface area contributed by atoms with Crippen LogP contribution >= 0.6 is 0 Å². The Morgan fingerprint density at radius 1 is 1.00 bits per heavy atom. The van der Waals surface area contributed by atoms with Crippen molar-refractivity contribution in [2.75, 3.05) is 0 Å². The van der Waals surface area contributed by atoms with Gasteiger partial charge in [0, 0.05) is 28.7 Å². The van der Waals surface area contributed by atoms with Crippen LogP contribution in [0.3, 0.4) is 0 Å². The second-order valence-electron chi connectivity index (χ2n) is 9.67. The Morgan fingerprint density at radius 3 is 1.96 bits per heavy atom. The summed E-state index contributed by atoms with van der Waals surface area (Å²) in [6, 6.07) is 0. The van der Waals surface area contributed by atoms with Gasteiger partial charge in [-0.25, -0.2) is 0 Å². The fourth-order valence-electron chi connectivity index (χ4n) is 3.95. The van der Waals surface area contributed by atoms with Crippen LogP contribution < -0.4 is 4.74 Å². The maximum absolute atomic E-state index is 11.2. The monoisotopic (exact) mass is 318 g/mol. The zero-order valence-corrected chi connectivity index (χ0v) is 16.5. The summed E-state index contributed by atoms with van der Waals surface area (Å²) in [4.78, 5) is 0. The largest absolute Gasteiger partial charge is 0.507 e. The van der Waals surface area contributed by atoms with Crippen LogP contribution in [0.5, 0.6) is 11.5 Å². The standard InChI is InChI=1S/C21H34O2/c1-10-11-13-15(19(2,3)4)17(22)16(20(5,6)7)14-12-21(8,9)23-18(13)14/h22H,10-12H2,1-9H3. The first-order valence-electron chi connectivity index (χ1n) is 8.90. The lowest BCUT2D eigenvalue weighted by Gasteiger charge is -2.32. The van der Waals surface area contributed by atoms with Crippen molar-refractivity contribution in [2.45, 2.75) is 98.0 Å². The summed E-state index contributed by atoms with van der Waals surface area (Å²) in [5.41, 5.74) is 4.15. The van der Waals surface area contributed by atoms with Crippen molar-refractivity contribution in [1.82, 2.24) is 0 Å². The molecule has 0 aliphatic carbocycles. The smallest absolute Gasteiger partial charge is 0.127 e. The van der Waals surface area contributed by atoms with E-state index in [4.69, 9.17) is 4.74 Å². The average Bonchev–Trinajstić information content (AvgIpc) is 2.60. The third-order valence-corrected chi connectivity index (χ3v) is 4.61.